The third kappa shape index (κ3) is 4.47. The largest absolute Gasteiger partial charge is 0.495 e. The van der Waals surface area contributed by atoms with E-state index in [0.29, 0.717) is 22.4 Å². The zero-order valence-electron chi connectivity index (χ0n) is 16.2. The van der Waals surface area contributed by atoms with Gasteiger partial charge in [-0.25, -0.2) is 0 Å². The first-order valence-corrected chi connectivity index (χ1v) is 9.72. The summed E-state index contributed by atoms with van der Waals surface area (Å²) in [6, 6.07) is 9.54. The van der Waals surface area contributed by atoms with Gasteiger partial charge in [-0.3, -0.25) is 9.69 Å². The Morgan fingerprint density at radius 3 is 2.63 bits per heavy atom. The second-order valence-electron chi connectivity index (χ2n) is 7.18. The number of amides is 1. The summed E-state index contributed by atoms with van der Waals surface area (Å²) in [5, 5.41) is 0.505. The summed E-state index contributed by atoms with van der Waals surface area (Å²) < 4.78 is 10.8. The summed E-state index contributed by atoms with van der Waals surface area (Å²) in [7, 11) is 5.56. The van der Waals surface area contributed by atoms with Crippen molar-refractivity contribution in [2.45, 2.75) is 44.3 Å². The molecule has 1 aliphatic rings. The summed E-state index contributed by atoms with van der Waals surface area (Å²) in [4.78, 5) is 17.3. The number of carbonyl (C=O) groups excluding carboxylic acids is 1. The molecule has 3 rings (SSSR count). The number of carbonyl (C=O) groups is 1. The highest BCUT2D eigenvalue weighted by Gasteiger charge is 2.34. The van der Waals surface area contributed by atoms with Gasteiger partial charge in [0.2, 0.25) is 0 Å². The fraction of sp³-hybridized carbons (Fsp3) is 0.476. The van der Waals surface area contributed by atoms with Crippen LogP contribution in [-0.4, -0.2) is 49.0 Å². The number of benzene rings is 1. The smallest absolute Gasteiger partial charge is 0.254 e. The number of methoxy groups -OCH3 is 1. The SMILES string of the molecule is COc1cc(C(=O)N(C)C2CCCCC2N(C)Cc2ccco2)ccc1Cl. The lowest BCUT2D eigenvalue weighted by Crippen LogP contribution is -2.52. The molecule has 2 unspecified atom stereocenters. The molecule has 0 N–H and O–H groups in total. The quantitative estimate of drug-likeness (QED) is 0.730. The summed E-state index contributed by atoms with van der Waals surface area (Å²) in [5.41, 5.74) is 0.594. The van der Waals surface area contributed by atoms with Gasteiger partial charge in [0, 0.05) is 24.7 Å². The second-order valence-corrected chi connectivity index (χ2v) is 7.59. The van der Waals surface area contributed by atoms with E-state index < -0.39 is 0 Å². The van der Waals surface area contributed by atoms with Gasteiger partial charge in [0.1, 0.15) is 11.5 Å². The van der Waals surface area contributed by atoms with Gasteiger partial charge in [-0.05, 0) is 50.2 Å². The number of hydrogen-bond acceptors (Lipinski definition) is 4. The predicted octanol–water partition coefficient (Wildman–Crippen LogP) is 4.46. The maximum Gasteiger partial charge on any atom is 0.254 e. The Hall–Kier alpha value is -1.98. The summed E-state index contributed by atoms with van der Waals surface area (Å²) >= 11 is 6.10. The molecule has 1 heterocycles. The van der Waals surface area contributed by atoms with Crippen molar-refractivity contribution in [2.75, 3.05) is 21.2 Å². The Labute approximate surface area is 165 Å². The van der Waals surface area contributed by atoms with Crippen molar-refractivity contribution in [3.63, 3.8) is 0 Å². The highest BCUT2D eigenvalue weighted by molar-refractivity contribution is 6.32. The van der Waals surface area contributed by atoms with Crippen LogP contribution in [0.3, 0.4) is 0 Å². The Morgan fingerprint density at radius 2 is 1.96 bits per heavy atom. The molecular weight excluding hydrogens is 364 g/mol. The first-order chi connectivity index (χ1) is 13.0. The topological polar surface area (TPSA) is 45.9 Å². The van der Waals surface area contributed by atoms with Gasteiger partial charge in [0.05, 0.1) is 24.9 Å². The van der Waals surface area contributed by atoms with Gasteiger partial charge < -0.3 is 14.1 Å². The van der Waals surface area contributed by atoms with Crippen LogP contribution in [-0.2, 0) is 6.54 Å². The zero-order chi connectivity index (χ0) is 19.4. The van der Waals surface area contributed by atoms with Gasteiger partial charge >= 0.3 is 0 Å². The molecule has 2 aromatic rings. The molecule has 0 saturated heterocycles. The van der Waals surface area contributed by atoms with Crippen molar-refractivity contribution in [3.05, 3.63) is 52.9 Å². The second kappa shape index (κ2) is 8.81. The van der Waals surface area contributed by atoms with E-state index in [-0.39, 0.29) is 11.9 Å². The van der Waals surface area contributed by atoms with E-state index in [1.165, 1.54) is 6.42 Å². The van der Waals surface area contributed by atoms with Crippen LogP contribution in [0.4, 0.5) is 0 Å². The molecule has 0 aliphatic heterocycles. The van der Waals surface area contributed by atoms with Crippen LogP contribution in [0.5, 0.6) is 5.75 Å². The lowest BCUT2D eigenvalue weighted by molar-refractivity contribution is 0.0473. The molecule has 1 aromatic heterocycles. The van der Waals surface area contributed by atoms with E-state index in [1.807, 2.05) is 24.1 Å². The highest BCUT2D eigenvalue weighted by atomic mass is 35.5. The molecule has 0 radical (unpaired) electrons. The number of rotatable bonds is 6. The minimum absolute atomic E-state index is 0.00624. The van der Waals surface area contributed by atoms with Gasteiger partial charge in [-0.2, -0.15) is 0 Å². The fourth-order valence-electron chi connectivity index (χ4n) is 3.97. The number of hydrogen-bond donors (Lipinski definition) is 0. The van der Waals surface area contributed by atoms with Crippen molar-refractivity contribution in [1.29, 1.82) is 0 Å². The normalized spacial score (nSPS) is 19.9. The molecule has 5 nitrogen and oxygen atoms in total. The van der Waals surface area contributed by atoms with Crippen LogP contribution < -0.4 is 4.74 Å². The lowest BCUT2D eigenvalue weighted by atomic mass is 9.88. The molecule has 6 heteroatoms. The van der Waals surface area contributed by atoms with Crippen molar-refractivity contribution in [3.8, 4) is 5.75 Å². The monoisotopic (exact) mass is 390 g/mol. The maximum atomic E-state index is 13.1. The Kier molecular flexibility index (Phi) is 6.45. The van der Waals surface area contributed by atoms with Crippen molar-refractivity contribution >= 4 is 17.5 Å². The third-order valence-electron chi connectivity index (χ3n) is 5.46. The van der Waals surface area contributed by atoms with Crippen molar-refractivity contribution in [2.24, 2.45) is 0 Å². The number of furan rings is 1. The van der Waals surface area contributed by atoms with Crippen LogP contribution in [0.25, 0.3) is 0 Å². The van der Waals surface area contributed by atoms with Crippen LogP contribution in [0.1, 0.15) is 41.8 Å². The van der Waals surface area contributed by atoms with Crippen LogP contribution in [0.2, 0.25) is 5.02 Å². The Bertz CT molecular complexity index is 763. The van der Waals surface area contributed by atoms with Gasteiger partial charge in [-0.1, -0.05) is 24.4 Å². The van der Waals surface area contributed by atoms with Crippen LogP contribution in [0.15, 0.2) is 41.0 Å². The molecule has 0 spiro atoms. The van der Waals surface area contributed by atoms with Gasteiger partial charge in [-0.15, -0.1) is 0 Å². The number of ether oxygens (including phenoxy) is 1. The van der Waals surface area contributed by atoms with E-state index in [1.54, 1.807) is 31.6 Å². The summed E-state index contributed by atoms with van der Waals surface area (Å²) in [6.45, 7) is 0.741. The highest BCUT2D eigenvalue weighted by Crippen LogP contribution is 2.30. The molecular formula is C21H27ClN2O3. The average molecular weight is 391 g/mol. The molecule has 0 bridgehead atoms. The summed E-state index contributed by atoms with van der Waals surface area (Å²) in [5.74, 6) is 1.46. The molecule has 1 amide bonds. The standard InChI is InChI=1S/C21H27ClN2O3/c1-23(14-16-7-6-12-27-16)18-8-4-5-9-19(18)24(2)21(25)15-10-11-17(22)20(13-15)26-3/h6-7,10-13,18-19H,4-5,8-9,14H2,1-3H3. The molecule has 1 aliphatic carbocycles. The minimum Gasteiger partial charge on any atom is -0.495 e. The predicted molar refractivity (Wildman–Crippen MR) is 106 cm³/mol. The van der Waals surface area contributed by atoms with Crippen LogP contribution in [0, 0.1) is 0 Å². The summed E-state index contributed by atoms with van der Waals surface area (Å²) in [6.07, 6.45) is 6.09. The van der Waals surface area contributed by atoms with E-state index in [4.69, 9.17) is 20.8 Å². The van der Waals surface area contributed by atoms with E-state index >= 15 is 0 Å². The third-order valence-corrected chi connectivity index (χ3v) is 5.77. The molecule has 2 atom stereocenters. The zero-order valence-corrected chi connectivity index (χ0v) is 16.9. The van der Waals surface area contributed by atoms with Gasteiger partial charge in [0.15, 0.2) is 0 Å². The first-order valence-electron chi connectivity index (χ1n) is 9.34. The van der Waals surface area contributed by atoms with E-state index in [9.17, 15) is 4.79 Å². The molecule has 146 valence electrons. The number of halogens is 1. The fourth-order valence-corrected chi connectivity index (χ4v) is 4.16. The van der Waals surface area contributed by atoms with Crippen molar-refractivity contribution in [1.82, 2.24) is 9.80 Å². The first kappa shape index (κ1) is 19.8. The number of nitrogens with zero attached hydrogens (tertiary/aromatic N) is 2. The number of likely N-dealkylation sites (N-methyl/N-ethyl adjacent to an activating group) is 2. The van der Waals surface area contributed by atoms with E-state index in [2.05, 4.69) is 11.9 Å². The maximum absolute atomic E-state index is 13.1. The van der Waals surface area contributed by atoms with Crippen molar-refractivity contribution < 1.29 is 13.9 Å². The molecule has 27 heavy (non-hydrogen) atoms. The molecule has 1 fully saturated rings. The molecule has 1 aromatic carbocycles. The Morgan fingerprint density at radius 1 is 1.22 bits per heavy atom. The average Bonchev–Trinajstić information content (AvgIpc) is 3.20. The lowest BCUT2D eigenvalue weighted by Gasteiger charge is -2.42. The Balaban J connectivity index is 1.76. The van der Waals surface area contributed by atoms with Crippen LogP contribution >= 0.6 is 11.6 Å². The molecule has 1 saturated carbocycles. The van der Waals surface area contributed by atoms with E-state index in [0.717, 1.165) is 31.6 Å². The van der Waals surface area contributed by atoms with Gasteiger partial charge in [0.25, 0.3) is 5.91 Å². The minimum atomic E-state index is -0.00624.